The number of amides is 1. The van der Waals surface area contributed by atoms with Gasteiger partial charge in [0.2, 0.25) is 0 Å². The van der Waals surface area contributed by atoms with E-state index >= 15 is 0 Å². The Hall–Kier alpha value is -2.98. The first kappa shape index (κ1) is 15.9. The number of hydrogen-bond donors (Lipinski definition) is 2. The second kappa shape index (κ2) is 7.53. The Morgan fingerprint density at radius 3 is 2.42 bits per heavy atom. The van der Waals surface area contributed by atoms with Gasteiger partial charge in [-0.3, -0.25) is 9.78 Å². The molecule has 1 heterocycles. The monoisotopic (exact) mass is 318 g/mol. The number of aliphatic hydroxyl groups excluding tert-OH is 1. The molecule has 1 aromatic heterocycles. The minimum Gasteiger partial charge on any atom is -0.396 e. The predicted molar refractivity (Wildman–Crippen MR) is 94.9 cm³/mol. The van der Waals surface area contributed by atoms with Gasteiger partial charge in [0.1, 0.15) is 0 Å². The average molecular weight is 318 g/mol. The number of nitrogens with zero attached hydrogens (tertiary/aromatic N) is 1. The Morgan fingerprint density at radius 2 is 1.71 bits per heavy atom. The molecule has 0 unspecified atom stereocenters. The van der Waals surface area contributed by atoms with Crippen LogP contribution in [0.3, 0.4) is 0 Å². The molecule has 1 amide bonds. The maximum atomic E-state index is 12.4. The Kier molecular flexibility index (Phi) is 4.99. The van der Waals surface area contributed by atoms with E-state index in [-0.39, 0.29) is 12.5 Å². The molecule has 4 nitrogen and oxygen atoms in total. The summed E-state index contributed by atoms with van der Waals surface area (Å²) in [4.78, 5) is 16.7. The third kappa shape index (κ3) is 3.67. The van der Waals surface area contributed by atoms with Gasteiger partial charge in [-0.2, -0.15) is 0 Å². The van der Waals surface area contributed by atoms with Gasteiger partial charge in [-0.25, -0.2) is 0 Å². The van der Waals surface area contributed by atoms with E-state index in [0.717, 1.165) is 22.5 Å². The third-order valence-corrected chi connectivity index (χ3v) is 3.75. The Bertz CT molecular complexity index is 815. The van der Waals surface area contributed by atoms with Gasteiger partial charge in [-0.1, -0.05) is 36.4 Å². The second-order valence-corrected chi connectivity index (χ2v) is 5.38. The van der Waals surface area contributed by atoms with E-state index in [9.17, 15) is 4.79 Å². The molecule has 0 bridgehead atoms. The van der Waals surface area contributed by atoms with Crippen LogP contribution in [-0.4, -0.2) is 22.6 Å². The van der Waals surface area contributed by atoms with E-state index in [0.29, 0.717) is 12.0 Å². The molecular formula is C20H18N2O2. The van der Waals surface area contributed by atoms with Crippen LogP contribution >= 0.6 is 0 Å². The van der Waals surface area contributed by atoms with E-state index in [1.807, 2.05) is 54.6 Å². The van der Waals surface area contributed by atoms with Crippen molar-refractivity contribution >= 4 is 11.6 Å². The van der Waals surface area contributed by atoms with Gasteiger partial charge in [0, 0.05) is 29.6 Å². The Balaban J connectivity index is 1.76. The molecule has 0 aliphatic carbocycles. The van der Waals surface area contributed by atoms with Crippen molar-refractivity contribution in [2.24, 2.45) is 0 Å². The van der Waals surface area contributed by atoms with Crippen LogP contribution in [0.2, 0.25) is 0 Å². The van der Waals surface area contributed by atoms with Gasteiger partial charge in [0.05, 0.1) is 5.69 Å². The number of benzene rings is 2. The zero-order valence-corrected chi connectivity index (χ0v) is 13.1. The minimum absolute atomic E-state index is 0.0473. The molecule has 0 saturated carbocycles. The van der Waals surface area contributed by atoms with Crippen LogP contribution in [0, 0.1) is 0 Å². The number of carbonyl (C=O) groups excluding carboxylic acids is 1. The molecule has 0 aliphatic rings. The number of aromatic nitrogens is 1. The zero-order valence-electron chi connectivity index (χ0n) is 13.1. The number of nitrogens with one attached hydrogen (secondary N) is 1. The highest BCUT2D eigenvalue weighted by atomic mass is 16.3. The van der Waals surface area contributed by atoms with Crippen molar-refractivity contribution in [2.45, 2.75) is 6.42 Å². The number of hydrogen-bond acceptors (Lipinski definition) is 3. The Labute approximate surface area is 140 Å². The standard InChI is InChI=1S/C20H18N2O2/c23-14-12-15-5-1-2-7-19(15)22-20(24)17-10-8-16(9-11-17)18-6-3-4-13-21-18/h1-11,13,23H,12,14H2,(H,22,24). The summed E-state index contributed by atoms with van der Waals surface area (Å²) in [7, 11) is 0. The quantitative estimate of drug-likeness (QED) is 0.756. The van der Waals surface area contributed by atoms with Crippen LogP contribution in [0.5, 0.6) is 0 Å². The van der Waals surface area contributed by atoms with Gasteiger partial charge in [-0.05, 0) is 42.3 Å². The second-order valence-electron chi connectivity index (χ2n) is 5.38. The first-order valence-electron chi connectivity index (χ1n) is 7.79. The number of carbonyl (C=O) groups is 1. The predicted octanol–water partition coefficient (Wildman–Crippen LogP) is 3.54. The van der Waals surface area contributed by atoms with Crippen molar-refractivity contribution in [1.82, 2.24) is 4.98 Å². The molecule has 0 aliphatic heterocycles. The lowest BCUT2D eigenvalue weighted by atomic mass is 10.1. The lowest BCUT2D eigenvalue weighted by Gasteiger charge is -2.10. The highest BCUT2D eigenvalue weighted by Crippen LogP contribution is 2.19. The smallest absolute Gasteiger partial charge is 0.255 e. The van der Waals surface area contributed by atoms with Crippen LogP contribution in [0.25, 0.3) is 11.3 Å². The van der Waals surface area contributed by atoms with Crippen LogP contribution in [-0.2, 0) is 6.42 Å². The largest absolute Gasteiger partial charge is 0.396 e. The van der Waals surface area contributed by atoms with Gasteiger partial charge < -0.3 is 10.4 Å². The summed E-state index contributed by atoms with van der Waals surface area (Å²) in [5, 5.41) is 12.0. The first-order valence-corrected chi connectivity index (χ1v) is 7.79. The van der Waals surface area contributed by atoms with Crippen LogP contribution < -0.4 is 5.32 Å². The molecule has 3 aromatic rings. The van der Waals surface area contributed by atoms with E-state index in [1.165, 1.54) is 0 Å². The summed E-state index contributed by atoms with van der Waals surface area (Å²) in [5.41, 5.74) is 4.06. The van der Waals surface area contributed by atoms with E-state index in [1.54, 1.807) is 18.3 Å². The minimum atomic E-state index is -0.173. The molecule has 0 saturated heterocycles. The molecule has 120 valence electrons. The molecule has 0 atom stereocenters. The molecule has 3 rings (SSSR count). The molecule has 2 aromatic carbocycles. The van der Waals surface area contributed by atoms with Gasteiger partial charge in [0.25, 0.3) is 5.91 Å². The van der Waals surface area contributed by atoms with Crippen molar-refractivity contribution < 1.29 is 9.90 Å². The van der Waals surface area contributed by atoms with Crippen LogP contribution in [0.15, 0.2) is 72.9 Å². The molecule has 4 heteroatoms. The fraction of sp³-hybridized carbons (Fsp3) is 0.100. The summed E-state index contributed by atoms with van der Waals surface area (Å²) in [6.07, 6.45) is 2.25. The molecule has 0 spiro atoms. The number of para-hydroxylation sites is 1. The summed E-state index contributed by atoms with van der Waals surface area (Å²) >= 11 is 0. The first-order chi connectivity index (χ1) is 11.8. The summed E-state index contributed by atoms with van der Waals surface area (Å²) in [6.45, 7) is 0.0473. The van der Waals surface area contributed by atoms with Crippen molar-refractivity contribution in [3.05, 3.63) is 84.1 Å². The maximum Gasteiger partial charge on any atom is 0.255 e. The zero-order chi connectivity index (χ0) is 16.8. The van der Waals surface area contributed by atoms with Crippen molar-refractivity contribution in [1.29, 1.82) is 0 Å². The number of pyridine rings is 1. The van der Waals surface area contributed by atoms with Crippen molar-refractivity contribution in [3.8, 4) is 11.3 Å². The molecular weight excluding hydrogens is 300 g/mol. The van der Waals surface area contributed by atoms with Gasteiger partial charge in [-0.15, -0.1) is 0 Å². The fourth-order valence-electron chi connectivity index (χ4n) is 2.50. The highest BCUT2D eigenvalue weighted by molar-refractivity contribution is 6.04. The van der Waals surface area contributed by atoms with Crippen LogP contribution in [0.1, 0.15) is 15.9 Å². The average Bonchev–Trinajstić information content (AvgIpc) is 2.64. The molecule has 24 heavy (non-hydrogen) atoms. The van der Waals surface area contributed by atoms with Crippen LogP contribution in [0.4, 0.5) is 5.69 Å². The van der Waals surface area contributed by atoms with E-state index in [4.69, 9.17) is 5.11 Å². The molecule has 2 N–H and O–H groups in total. The third-order valence-electron chi connectivity index (χ3n) is 3.75. The molecule has 0 radical (unpaired) electrons. The topological polar surface area (TPSA) is 62.2 Å². The van der Waals surface area contributed by atoms with Gasteiger partial charge in [0.15, 0.2) is 0 Å². The highest BCUT2D eigenvalue weighted by Gasteiger charge is 2.09. The fourth-order valence-corrected chi connectivity index (χ4v) is 2.50. The van der Waals surface area contributed by atoms with E-state index in [2.05, 4.69) is 10.3 Å². The summed E-state index contributed by atoms with van der Waals surface area (Å²) < 4.78 is 0. The number of anilines is 1. The SMILES string of the molecule is O=C(Nc1ccccc1CCO)c1ccc(-c2ccccn2)cc1. The summed E-state index contributed by atoms with van der Waals surface area (Å²) in [5.74, 6) is -0.173. The maximum absolute atomic E-state index is 12.4. The lowest BCUT2D eigenvalue weighted by Crippen LogP contribution is -2.13. The van der Waals surface area contributed by atoms with Gasteiger partial charge >= 0.3 is 0 Å². The van der Waals surface area contributed by atoms with E-state index < -0.39 is 0 Å². The lowest BCUT2D eigenvalue weighted by molar-refractivity contribution is 0.102. The number of rotatable bonds is 5. The number of aliphatic hydroxyl groups is 1. The normalized spacial score (nSPS) is 10.4. The Morgan fingerprint density at radius 1 is 0.958 bits per heavy atom. The summed E-state index contributed by atoms with van der Waals surface area (Å²) in [6, 6.07) is 20.6. The van der Waals surface area contributed by atoms with Crippen molar-refractivity contribution in [2.75, 3.05) is 11.9 Å². The molecule has 0 fully saturated rings. The van der Waals surface area contributed by atoms with Crippen molar-refractivity contribution in [3.63, 3.8) is 0 Å².